The van der Waals surface area contributed by atoms with Gasteiger partial charge in [-0.2, -0.15) is 5.10 Å². The van der Waals surface area contributed by atoms with Crippen LogP contribution in [0.5, 0.6) is 0 Å². The molecule has 0 bridgehead atoms. The van der Waals surface area contributed by atoms with Gasteiger partial charge in [0.1, 0.15) is 0 Å². The highest BCUT2D eigenvalue weighted by molar-refractivity contribution is 5.79. The molecule has 5 nitrogen and oxygen atoms in total. The van der Waals surface area contributed by atoms with Gasteiger partial charge in [-0.3, -0.25) is 4.99 Å². The number of hydrogen-bond donors (Lipinski definition) is 2. The Morgan fingerprint density at radius 1 is 1.12 bits per heavy atom. The molecule has 0 unspecified atom stereocenters. The second-order valence-electron chi connectivity index (χ2n) is 6.66. The van der Waals surface area contributed by atoms with E-state index >= 15 is 0 Å². The van der Waals surface area contributed by atoms with Crippen LogP contribution < -0.4 is 10.6 Å². The van der Waals surface area contributed by atoms with E-state index in [0.717, 1.165) is 37.6 Å². The topological polar surface area (TPSA) is 54.2 Å². The van der Waals surface area contributed by atoms with E-state index in [9.17, 15) is 0 Å². The molecule has 2 N–H and O–H groups in total. The molecule has 3 rings (SSSR count). The predicted octanol–water partition coefficient (Wildman–Crippen LogP) is 3.47. The Kier molecular flexibility index (Phi) is 6.88. The fourth-order valence-corrected chi connectivity index (χ4v) is 3.23. The molecule has 0 aliphatic heterocycles. The Balaban J connectivity index is 1.39. The number of rotatable bonds is 7. The number of allylic oxidation sites excluding steroid dienone is 1. The molecule has 1 heterocycles. The summed E-state index contributed by atoms with van der Waals surface area (Å²) < 4.78 is 1.92. The van der Waals surface area contributed by atoms with Gasteiger partial charge in [0.05, 0.1) is 11.9 Å². The molecule has 0 spiro atoms. The van der Waals surface area contributed by atoms with Crippen LogP contribution in [0.3, 0.4) is 0 Å². The normalized spacial score (nSPS) is 14.8. The third-order valence-electron chi connectivity index (χ3n) is 4.71. The summed E-state index contributed by atoms with van der Waals surface area (Å²) in [6.07, 6.45) is 13.7. The molecular formula is C21H29N5. The standard InChI is InChI=1S/C21H29N5/c1-22-21(23-14-12-18-8-4-2-5-9-18)24-15-13-19-16-25-26(17-19)20-10-6-3-7-11-20/h3,6-8,10-11,16-17H,2,4-5,9,12-15H2,1H3,(H2,22,23,24). The van der Waals surface area contributed by atoms with Crippen molar-refractivity contribution in [1.29, 1.82) is 0 Å². The fourth-order valence-electron chi connectivity index (χ4n) is 3.23. The largest absolute Gasteiger partial charge is 0.356 e. The number of aliphatic imine (C=N–C) groups is 1. The minimum atomic E-state index is 0.836. The van der Waals surface area contributed by atoms with Gasteiger partial charge in [-0.25, -0.2) is 4.68 Å². The molecule has 0 saturated heterocycles. The molecule has 1 aromatic carbocycles. The number of para-hydroxylation sites is 1. The van der Waals surface area contributed by atoms with Crippen LogP contribution in [0.1, 0.15) is 37.7 Å². The third-order valence-corrected chi connectivity index (χ3v) is 4.71. The summed E-state index contributed by atoms with van der Waals surface area (Å²) in [5.41, 5.74) is 3.89. The van der Waals surface area contributed by atoms with Crippen LogP contribution >= 0.6 is 0 Å². The maximum Gasteiger partial charge on any atom is 0.190 e. The molecule has 5 heteroatoms. The number of nitrogens with one attached hydrogen (secondary N) is 2. The zero-order valence-electron chi connectivity index (χ0n) is 15.6. The molecule has 0 amide bonds. The average Bonchev–Trinajstić information content (AvgIpc) is 3.17. The van der Waals surface area contributed by atoms with Crippen LogP contribution in [0, 0.1) is 0 Å². The van der Waals surface area contributed by atoms with Crippen molar-refractivity contribution in [1.82, 2.24) is 20.4 Å². The predicted molar refractivity (Wildman–Crippen MR) is 108 cm³/mol. The molecule has 0 radical (unpaired) electrons. The van der Waals surface area contributed by atoms with Gasteiger partial charge >= 0.3 is 0 Å². The highest BCUT2D eigenvalue weighted by Crippen LogP contribution is 2.19. The molecule has 0 atom stereocenters. The van der Waals surface area contributed by atoms with Gasteiger partial charge < -0.3 is 10.6 Å². The van der Waals surface area contributed by atoms with E-state index in [-0.39, 0.29) is 0 Å². The zero-order valence-corrected chi connectivity index (χ0v) is 15.6. The monoisotopic (exact) mass is 351 g/mol. The molecule has 26 heavy (non-hydrogen) atoms. The second-order valence-corrected chi connectivity index (χ2v) is 6.66. The first-order valence-electron chi connectivity index (χ1n) is 9.56. The average molecular weight is 351 g/mol. The fraction of sp³-hybridized carbons (Fsp3) is 0.429. The first-order valence-corrected chi connectivity index (χ1v) is 9.56. The molecular weight excluding hydrogens is 322 g/mol. The van der Waals surface area contributed by atoms with Crippen molar-refractivity contribution < 1.29 is 0 Å². The summed E-state index contributed by atoms with van der Waals surface area (Å²) in [6.45, 7) is 1.78. The quantitative estimate of drug-likeness (QED) is 0.456. The summed E-state index contributed by atoms with van der Waals surface area (Å²) in [5, 5.41) is 11.2. The smallest absolute Gasteiger partial charge is 0.190 e. The molecule has 2 aromatic rings. The van der Waals surface area contributed by atoms with E-state index in [2.05, 4.69) is 45.1 Å². The number of aromatic nitrogens is 2. The summed E-state index contributed by atoms with van der Waals surface area (Å²) in [5.74, 6) is 0.872. The van der Waals surface area contributed by atoms with Crippen molar-refractivity contribution in [3.05, 3.63) is 59.9 Å². The highest BCUT2D eigenvalue weighted by atomic mass is 15.3. The number of guanidine groups is 1. The molecule has 1 aliphatic carbocycles. The van der Waals surface area contributed by atoms with E-state index in [4.69, 9.17) is 0 Å². The van der Waals surface area contributed by atoms with Crippen molar-refractivity contribution in [3.63, 3.8) is 0 Å². The van der Waals surface area contributed by atoms with Crippen molar-refractivity contribution in [2.75, 3.05) is 20.1 Å². The minimum absolute atomic E-state index is 0.836. The van der Waals surface area contributed by atoms with Crippen molar-refractivity contribution in [2.24, 2.45) is 4.99 Å². The van der Waals surface area contributed by atoms with Crippen LogP contribution in [-0.2, 0) is 6.42 Å². The zero-order chi connectivity index (χ0) is 18.0. The first kappa shape index (κ1) is 18.2. The van der Waals surface area contributed by atoms with Gasteiger partial charge in [0.2, 0.25) is 0 Å². The lowest BCUT2D eigenvalue weighted by Gasteiger charge is -2.15. The third kappa shape index (κ3) is 5.48. The number of benzene rings is 1. The maximum absolute atomic E-state index is 4.44. The molecule has 138 valence electrons. The summed E-state index contributed by atoms with van der Waals surface area (Å²) in [7, 11) is 1.82. The Morgan fingerprint density at radius 2 is 1.92 bits per heavy atom. The summed E-state index contributed by atoms with van der Waals surface area (Å²) in [6, 6.07) is 10.2. The SMILES string of the molecule is CN=C(NCCC1=CCCCC1)NCCc1cnn(-c2ccccc2)c1. The van der Waals surface area contributed by atoms with Gasteiger partial charge in [0, 0.05) is 26.3 Å². The Morgan fingerprint density at radius 3 is 2.65 bits per heavy atom. The maximum atomic E-state index is 4.44. The Hall–Kier alpha value is -2.56. The van der Waals surface area contributed by atoms with E-state index in [1.807, 2.05) is 36.1 Å². The molecule has 1 aromatic heterocycles. The summed E-state index contributed by atoms with van der Waals surface area (Å²) in [4.78, 5) is 4.31. The van der Waals surface area contributed by atoms with Crippen molar-refractivity contribution in [3.8, 4) is 5.69 Å². The lowest BCUT2D eigenvalue weighted by molar-refractivity contribution is 0.665. The van der Waals surface area contributed by atoms with Gasteiger partial charge in [0.25, 0.3) is 0 Å². The first-order chi connectivity index (χ1) is 12.8. The van der Waals surface area contributed by atoms with Gasteiger partial charge in [-0.1, -0.05) is 29.8 Å². The lowest BCUT2D eigenvalue weighted by atomic mass is 9.97. The molecule has 0 saturated carbocycles. The van der Waals surface area contributed by atoms with Crippen molar-refractivity contribution >= 4 is 5.96 Å². The van der Waals surface area contributed by atoms with Gasteiger partial charge in [0.15, 0.2) is 5.96 Å². The number of hydrogen-bond acceptors (Lipinski definition) is 2. The van der Waals surface area contributed by atoms with Gasteiger partial charge in [-0.15, -0.1) is 0 Å². The van der Waals surface area contributed by atoms with Crippen LogP contribution in [0.4, 0.5) is 0 Å². The van der Waals surface area contributed by atoms with E-state index < -0.39 is 0 Å². The minimum Gasteiger partial charge on any atom is -0.356 e. The summed E-state index contributed by atoms with van der Waals surface area (Å²) >= 11 is 0. The van der Waals surface area contributed by atoms with E-state index in [1.165, 1.54) is 31.2 Å². The lowest BCUT2D eigenvalue weighted by Crippen LogP contribution is -2.38. The Labute approximate surface area is 156 Å². The molecule has 0 fully saturated rings. The Bertz CT molecular complexity index is 730. The van der Waals surface area contributed by atoms with Crippen LogP contribution in [0.15, 0.2) is 59.4 Å². The highest BCUT2D eigenvalue weighted by Gasteiger charge is 2.05. The number of nitrogens with zero attached hydrogens (tertiary/aromatic N) is 3. The van der Waals surface area contributed by atoms with Gasteiger partial charge in [-0.05, 0) is 56.2 Å². The van der Waals surface area contributed by atoms with Crippen LogP contribution in [-0.4, -0.2) is 35.9 Å². The van der Waals surface area contributed by atoms with Crippen molar-refractivity contribution in [2.45, 2.75) is 38.5 Å². The van der Waals surface area contributed by atoms with E-state index in [0.29, 0.717) is 0 Å². The molecule has 1 aliphatic rings. The van der Waals surface area contributed by atoms with Crippen LogP contribution in [0.25, 0.3) is 5.69 Å². The second kappa shape index (κ2) is 9.80. The van der Waals surface area contributed by atoms with E-state index in [1.54, 1.807) is 5.57 Å². The van der Waals surface area contributed by atoms with Crippen LogP contribution in [0.2, 0.25) is 0 Å².